The van der Waals surface area contributed by atoms with E-state index in [0.717, 1.165) is 30.8 Å². The van der Waals surface area contributed by atoms with Crippen molar-refractivity contribution in [1.29, 1.82) is 0 Å². The molecule has 0 heterocycles. The second-order valence-corrected chi connectivity index (χ2v) is 4.08. The Morgan fingerprint density at radius 2 is 2.15 bits per heavy atom. The van der Waals surface area contributed by atoms with Gasteiger partial charge in [0.15, 0.2) is 5.88 Å². The molecular weight excluding hydrogens is 162 g/mol. The van der Waals surface area contributed by atoms with Crippen molar-refractivity contribution in [2.75, 3.05) is 20.2 Å². The lowest BCUT2D eigenvalue weighted by molar-refractivity contribution is 0.102. The molecule has 1 rings (SSSR count). The van der Waals surface area contributed by atoms with E-state index in [2.05, 4.69) is 25.3 Å². The van der Waals surface area contributed by atoms with Gasteiger partial charge in [0.1, 0.15) is 0 Å². The Balaban J connectivity index is 2.28. The minimum Gasteiger partial charge on any atom is -0.483 e. The fourth-order valence-corrected chi connectivity index (χ4v) is 2.07. The lowest BCUT2D eigenvalue weighted by Gasteiger charge is -2.37. The van der Waals surface area contributed by atoms with Crippen LogP contribution in [0.1, 0.15) is 26.7 Å². The summed E-state index contributed by atoms with van der Waals surface area (Å²) in [7, 11) is 1.69. The molecule has 0 N–H and O–H groups in total. The van der Waals surface area contributed by atoms with E-state index in [1.807, 2.05) is 0 Å². The van der Waals surface area contributed by atoms with Crippen LogP contribution in [-0.4, -0.2) is 25.1 Å². The molecule has 0 amide bonds. The van der Waals surface area contributed by atoms with Crippen molar-refractivity contribution in [2.24, 2.45) is 11.8 Å². The Labute approximate surface area is 81.6 Å². The van der Waals surface area contributed by atoms with Crippen LogP contribution in [0.15, 0.2) is 12.5 Å². The molecule has 0 radical (unpaired) electrons. The zero-order chi connectivity index (χ0) is 9.84. The molecule has 0 aromatic rings. The Kier molecular flexibility index (Phi) is 3.64. The first kappa shape index (κ1) is 10.4. The van der Waals surface area contributed by atoms with Gasteiger partial charge in [-0.15, -0.1) is 0 Å². The molecule has 76 valence electrons. The molecule has 0 bridgehead atoms. The average Bonchev–Trinajstić information content (AvgIpc) is 2.09. The van der Waals surface area contributed by atoms with Crippen molar-refractivity contribution in [3.05, 3.63) is 12.5 Å². The Morgan fingerprint density at radius 1 is 1.54 bits per heavy atom. The fourth-order valence-electron chi connectivity index (χ4n) is 2.07. The molecule has 1 aliphatic rings. The molecule has 0 saturated heterocycles. The maximum atomic E-state index is 5.13. The monoisotopic (exact) mass is 183 g/mol. The molecule has 2 nitrogen and oxygen atoms in total. The third-order valence-electron chi connectivity index (χ3n) is 2.92. The van der Waals surface area contributed by atoms with Gasteiger partial charge in [0, 0.05) is 13.1 Å². The van der Waals surface area contributed by atoms with Gasteiger partial charge in [-0.3, -0.25) is 0 Å². The number of methoxy groups -OCH3 is 1. The summed E-state index contributed by atoms with van der Waals surface area (Å²) >= 11 is 0. The summed E-state index contributed by atoms with van der Waals surface area (Å²) in [5, 5.41) is 0. The van der Waals surface area contributed by atoms with Crippen molar-refractivity contribution in [3.8, 4) is 0 Å². The average molecular weight is 183 g/mol. The summed E-state index contributed by atoms with van der Waals surface area (Å²) in [5.74, 6) is 2.60. The first-order valence-corrected chi connectivity index (χ1v) is 5.15. The summed E-state index contributed by atoms with van der Waals surface area (Å²) in [6.07, 6.45) is 2.74. The number of hydrogen-bond donors (Lipinski definition) is 0. The summed E-state index contributed by atoms with van der Waals surface area (Å²) in [4.78, 5) is 2.22. The molecule has 0 aromatic carbocycles. The highest BCUT2D eigenvalue weighted by atomic mass is 16.5. The van der Waals surface area contributed by atoms with Gasteiger partial charge in [-0.2, -0.15) is 0 Å². The van der Waals surface area contributed by atoms with Crippen LogP contribution in [0.2, 0.25) is 0 Å². The number of hydrogen-bond acceptors (Lipinski definition) is 2. The van der Waals surface area contributed by atoms with Crippen LogP contribution in [0.25, 0.3) is 0 Å². The molecule has 0 unspecified atom stereocenters. The van der Waals surface area contributed by atoms with Gasteiger partial charge in [-0.1, -0.05) is 6.92 Å². The van der Waals surface area contributed by atoms with E-state index in [9.17, 15) is 0 Å². The van der Waals surface area contributed by atoms with Gasteiger partial charge in [0.05, 0.1) is 7.11 Å². The summed E-state index contributed by atoms with van der Waals surface area (Å²) in [5.41, 5.74) is 0. The van der Waals surface area contributed by atoms with E-state index >= 15 is 0 Å². The topological polar surface area (TPSA) is 12.5 Å². The molecule has 2 heteroatoms. The molecule has 0 spiro atoms. The molecule has 0 aromatic heterocycles. The van der Waals surface area contributed by atoms with E-state index in [0.29, 0.717) is 0 Å². The van der Waals surface area contributed by atoms with Crippen LogP contribution in [0, 0.1) is 11.8 Å². The van der Waals surface area contributed by atoms with Crippen LogP contribution in [0.5, 0.6) is 0 Å². The van der Waals surface area contributed by atoms with Crippen LogP contribution in [0.4, 0.5) is 0 Å². The smallest absolute Gasteiger partial charge is 0.181 e. The maximum Gasteiger partial charge on any atom is 0.181 e. The number of rotatable bonds is 5. The highest BCUT2D eigenvalue weighted by Gasteiger charge is 2.27. The van der Waals surface area contributed by atoms with Gasteiger partial charge < -0.3 is 9.64 Å². The Bertz CT molecular complexity index is 173. The van der Waals surface area contributed by atoms with Crippen molar-refractivity contribution >= 4 is 0 Å². The molecule has 1 aliphatic carbocycles. The maximum absolute atomic E-state index is 5.13. The second-order valence-electron chi connectivity index (χ2n) is 4.08. The van der Waals surface area contributed by atoms with Crippen LogP contribution in [-0.2, 0) is 4.74 Å². The standard InChI is InChI=1S/C11H21NO/c1-5-12(10(3)13-4)8-11-6-9(2)7-11/h9,11H,3,5-8H2,1-2,4H3. The van der Waals surface area contributed by atoms with Crippen LogP contribution in [0.3, 0.4) is 0 Å². The van der Waals surface area contributed by atoms with Crippen LogP contribution >= 0.6 is 0 Å². The highest BCUT2D eigenvalue weighted by molar-refractivity contribution is 4.87. The molecule has 1 fully saturated rings. The molecule has 0 atom stereocenters. The number of nitrogens with zero attached hydrogens (tertiary/aromatic N) is 1. The zero-order valence-corrected chi connectivity index (χ0v) is 9.05. The van der Waals surface area contributed by atoms with E-state index in [1.54, 1.807) is 7.11 Å². The minimum absolute atomic E-state index is 0.807. The Hall–Kier alpha value is -0.660. The first-order chi connectivity index (χ1) is 6.17. The number of ether oxygens (including phenoxy) is 1. The summed E-state index contributed by atoms with van der Waals surface area (Å²) < 4.78 is 5.13. The van der Waals surface area contributed by atoms with Crippen molar-refractivity contribution in [2.45, 2.75) is 26.7 Å². The second kappa shape index (κ2) is 4.54. The van der Waals surface area contributed by atoms with Crippen LogP contribution < -0.4 is 0 Å². The van der Waals surface area contributed by atoms with Gasteiger partial charge in [0.25, 0.3) is 0 Å². The SMILES string of the molecule is C=C(OC)N(CC)CC1CC(C)C1. The van der Waals surface area contributed by atoms with E-state index in [4.69, 9.17) is 4.74 Å². The van der Waals surface area contributed by atoms with E-state index in [-0.39, 0.29) is 0 Å². The molecular formula is C11H21NO. The summed E-state index contributed by atoms with van der Waals surface area (Å²) in [6, 6.07) is 0. The summed E-state index contributed by atoms with van der Waals surface area (Å²) in [6.45, 7) is 10.5. The van der Waals surface area contributed by atoms with Gasteiger partial charge in [-0.25, -0.2) is 0 Å². The zero-order valence-electron chi connectivity index (χ0n) is 9.05. The van der Waals surface area contributed by atoms with Gasteiger partial charge >= 0.3 is 0 Å². The fraction of sp³-hybridized carbons (Fsp3) is 0.818. The largest absolute Gasteiger partial charge is 0.483 e. The van der Waals surface area contributed by atoms with Crippen molar-refractivity contribution in [3.63, 3.8) is 0 Å². The quantitative estimate of drug-likeness (QED) is 0.607. The first-order valence-electron chi connectivity index (χ1n) is 5.15. The van der Waals surface area contributed by atoms with E-state index in [1.165, 1.54) is 12.8 Å². The lowest BCUT2D eigenvalue weighted by Crippen LogP contribution is -2.35. The van der Waals surface area contributed by atoms with Crippen molar-refractivity contribution < 1.29 is 4.74 Å². The molecule has 0 aliphatic heterocycles. The predicted octanol–water partition coefficient (Wildman–Crippen LogP) is 2.47. The Morgan fingerprint density at radius 3 is 2.54 bits per heavy atom. The molecule has 13 heavy (non-hydrogen) atoms. The van der Waals surface area contributed by atoms with Crippen molar-refractivity contribution in [1.82, 2.24) is 4.90 Å². The highest BCUT2D eigenvalue weighted by Crippen LogP contribution is 2.33. The van der Waals surface area contributed by atoms with Gasteiger partial charge in [-0.05, 0) is 38.2 Å². The molecule has 1 saturated carbocycles. The minimum atomic E-state index is 0.807. The predicted molar refractivity (Wildman–Crippen MR) is 55.3 cm³/mol. The van der Waals surface area contributed by atoms with Gasteiger partial charge in [0.2, 0.25) is 0 Å². The normalized spacial score (nSPS) is 26.4. The lowest BCUT2D eigenvalue weighted by atomic mass is 9.76. The third kappa shape index (κ3) is 2.64. The van der Waals surface area contributed by atoms with E-state index < -0.39 is 0 Å². The third-order valence-corrected chi connectivity index (χ3v) is 2.92.